The highest BCUT2D eigenvalue weighted by atomic mass is 19.3. The van der Waals surface area contributed by atoms with Crippen LogP contribution in [0, 0.1) is 5.92 Å². The molecular weight excluding hydrogens is 462 g/mol. The number of nitrogens with zero attached hydrogens (tertiary/aromatic N) is 4. The molecule has 7 nitrogen and oxygen atoms in total. The topological polar surface area (TPSA) is 95.9 Å². The maximum atomic E-state index is 13.6. The van der Waals surface area contributed by atoms with E-state index in [-0.39, 0.29) is 21.2 Å². The van der Waals surface area contributed by atoms with Gasteiger partial charge in [-0.1, -0.05) is 45.4 Å². The first kappa shape index (κ1) is 26.9. The molecule has 3 N–H and O–H groups in total. The smallest absolute Gasteiger partial charge is 0.288 e. The van der Waals surface area contributed by atoms with E-state index in [0.717, 1.165) is 42.5 Å². The van der Waals surface area contributed by atoms with Crippen LogP contribution in [0.4, 0.5) is 20.4 Å². The van der Waals surface area contributed by atoms with Gasteiger partial charge in [0, 0.05) is 33.1 Å². The lowest BCUT2D eigenvalue weighted by Crippen LogP contribution is -2.13. The van der Waals surface area contributed by atoms with Gasteiger partial charge < -0.3 is 15.7 Å². The number of aromatic nitrogens is 4. The van der Waals surface area contributed by atoms with Gasteiger partial charge in [-0.15, -0.1) is 5.73 Å². The Morgan fingerprint density at radius 3 is 2.47 bits per heavy atom. The number of alkyl halides is 2. The Kier molecular flexibility index (Phi) is 9.22. The number of benzene rings is 1. The first-order chi connectivity index (χ1) is 17.2. The average molecular weight is 499 g/mol. The first-order valence-electron chi connectivity index (χ1n) is 11.9. The summed E-state index contributed by atoms with van der Waals surface area (Å²) in [6, 6.07) is 8.99. The highest BCUT2D eigenvalue weighted by Crippen LogP contribution is 2.30. The summed E-state index contributed by atoms with van der Waals surface area (Å²) in [4.78, 5) is 16.4. The van der Waals surface area contributed by atoms with Crippen molar-refractivity contribution in [2.45, 2.75) is 51.9 Å². The summed E-state index contributed by atoms with van der Waals surface area (Å²) in [5, 5.41) is 15.0. The highest BCUT2D eigenvalue weighted by molar-refractivity contribution is 5.63. The Bertz CT molecular complexity index is 1200. The fourth-order valence-electron chi connectivity index (χ4n) is 3.30. The van der Waals surface area contributed by atoms with Crippen LogP contribution in [0.15, 0.2) is 66.9 Å². The van der Waals surface area contributed by atoms with Crippen LogP contribution in [-0.2, 0) is 5.92 Å². The number of rotatable bonds is 9. The van der Waals surface area contributed by atoms with Crippen LogP contribution in [0.5, 0.6) is 0 Å². The van der Waals surface area contributed by atoms with E-state index in [1.165, 1.54) is 19.0 Å². The van der Waals surface area contributed by atoms with Crippen molar-refractivity contribution in [2.24, 2.45) is 5.92 Å². The van der Waals surface area contributed by atoms with E-state index in [1.54, 1.807) is 24.4 Å². The van der Waals surface area contributed by atoms with Gasteiger partial charge in [0.1, 0.15) is 12.4 Å². The molecule has 0 amide bonds. The molecule has 1 aromatic carbocycles. The van der Waals surface area contributed by atoms with Gasteiger partial charge in [-0.25, -0.2) is 15.0 Å². The molecule has 0 radical (unpaired) electrons. The molecule has 1 aliphatic rings. The zero-order valence-electron chi connectivity index (χ0n) is 20.8. The number of halogens is 2. The van der Waals surface area contributed by atoms with Crippen molar-refractivity contribution in [1.29, 1.82) is 0 Å². The molecule has 0 saturated heterocycles. The number of anilines is 2. The van der Waals surface area contributed by atoms with Crippen LogP contribution in [0.3, 0.4) is 0 Å². The van der Waals surface area contributed by atoms with Crippen LogP contribution in [0.1, 0.15) is 60.2 Å². The molecule has 0 bridgehead atoms. The highest BCUT2D eigenvalue weighted by Gasteiger charge is 2.27. The Morgan fingerprint density at radius 2 is 1.92 bits per heavy atom. The molecule has 9 heteroatoms. The third-order valence-corrected chi connectivity index (χ3v) is 5.63. The summed E-state index contributed by atoms with van der Waals surface area (Å²) in [5.41, 5.74) is 5.84. The molecule has 1 atom stereocenters. The van der Waals surface area contributed by atoms with Crippen molar-refractivity contribution in [2.75, 3.05) is 17.4 Å². The zero-order valence-corrected chi connectivity index (χ0v) is 20.8. The molecule has 1 saturated carbocycles. The summed E-state index contributed by atoms with van der Waals surface area (Å²) in [7, 11) is 0. The second kappa shape index (κ2) is 12.3. The second-order valence-electron chi connectivity index (χ2n) is 8.75. The van der Waals surface area contributed by atoms with Gasteiger partial charge in [0.15, 0.2) is 0 Å². The molecule has 0 aliphatic heterocycles. The normalized spacial score (nSPS) is 13.6. The maximum absolute atomic E-state index is 13.6. The van der Waals surface area contributed by atoms with Crippen molar-refractivity contribution in [3.63, 3.8) is 0 Å². The minimum Gasteiger partial charge on any atom is -0.376 e. The van der Waals surface area contributed by atoms with E-state index in [4.69, 9.17) is 5.11 Å². The molecule has 4 rings (SSSR count). The van der Waals surface area contributed by atoms with Crippen molar-refractivity contribution >= 4 is 11.6 Å². The lowest BCUT2D eigenvalue weighted by Gasteiger charge is -2.19. The standard InChI is InChI=1S/C23H24F2N6O.C4H8.2H2/c1-4-17(19-10-11-27-22(31-19)28-14-32)18(5-2)29-16-8-6-15(7-9-16)20-12-26-13-21(30-20)23(3,24)25;1-4-2-3-4;;/h6-13,17,29,32H,2,4,14H2,1,3H3,(H,27,28,31);4H,2-3H2,1H3;2*1H. The van der Waals surface area contributed by atoms with Gasteiger partial charge in [0.25, 0.3) is 5.92 Å². The summed E-state index contributed by atoms with van der Waals surface area (Å²) < 4.78 is 27.1. The van der Waals surface area contributed by atoms with E-state index in [0.29, 0.717) is 17.2 Å². The molecular formula is C27H36F2N6O. The Hall–Kier alpha value is -3.68. The summed E-state index contributed by atoms with van der Waals surface area (Å²) in [5.74, 6) is -1.77. The summed E-state index contributed by atoms with van der Waals surface area (Å²) in [6.07, 6.45) is 7.84. The number of nitrogens with one attached hydrogen (secondary N) is 2. The molecule has 2 aromatic heterocycles. The largest absolute Gasteiger partial charge is 0.376 e. The van der Waals surface area contributed by atoms with Gasteiger partial charge in [-0.3, -0.25) is 4.98 Å². The van der Waals surface area contributed by atoms with Crippen molar-refractivity contribution in [3.8, 4) is 11.3 Å². The van der Waals surface area contributed by atoms with Gasteiger partial charge in [0.2, 0.25) is 5.95 Å². The van der Waals surface area contributed by atoms with Crippen LogP contribution in [0.2, 0.25) is 0 Å². The first-order valence-corrected chi connectivity index (χ1v) is 11.9. The predicted octanol–water partition coefficient (Wildman–Crippen LogP) is 6.59. The average Bonchev–Trinajstić information content (AvgIpc) is 3.66. The molecule has 1 aliphatic carbocycles. The predicted molar refractivity (Wildman–Crippen MR) is 142 cm³/mol. The third-order valence-electron chi connectivity index (χ3n) is 5.63. The van der Waals surface area contributed by atoms with E-state index < -0.39 is 5.92 Å². The number of aliphatic hydroxyl groups excluding tert-OH is 1. The van der Waals surface area contributed by atoms with Crippen LogP contribution in [-0.4, -0.2) is 31.8 Å². The Balaban J connectivity index is 0.00000110. The second-order valence-corrected chi connectivity index (χ2v) is 8.75. The summed E-state index contributed by atoms with van der Waals surface area (Å²) >= 11 is 0. The molecule has 2 heterocycles. The van der Waals surface area contributed by atoms with Gasteiger partial charge in [-0.05, 0) is 30.5 Å². The molecule has 1 unspecified atom stereocenters. The SMILES string of the molecule is C=C=C(Nc1ccc(-c2cncc(C(C)(F)F)n2)cc1)C(CC)c1ccnc(NCO)n1.CC1CC1.[HH].[HH]. The van der Waals surface area contributed by atoms with E-state index >= 15 is 0 Å². The summed E-state index contributed by atoms with van der Waals surface area (Å²) in [6.45, 7) is 8.62. The van der Waals surface area contributed by atoms with Crippen LogP contribution in [0.25, 0.3) is 11.3 Å². The van der Waals surface area contributed by atoms with Crippen molar-refractivity contribution in [1.82, 2.24) is 19.9 Å². The van der Waals surface area contributed by atoms with Crippen molar-refractivity contribution < 1.29 is 16.7 Å². The number of allylic oxidation sites excluding steroid dienone is 1. The van der Waals surface area contributed by atoms with Crippen LogP contribution >= 0.6 is 0 Å². The molecule has 36 heavy (non-hydrogen) atoms. The molecule has 1 fully saturated rings. The van der Waals surface area contributed by atoms with E-state index in [9.17, 15) is 8.78 Å². The monoisotopic (exact) mass is 498 g/mol. The number of hydrogen-bond acceptors (Lipinski definition) is 7. The molecule has 3 aromatic rings. The Morgan fingerprint density at radius 1 is 1.22 bits per heavy atom. The quantitative estimate of drug-likeness (QED) is 0.226. The van der Waals surface area contributed by atoms with E-state index in [1.807, 2.05) is 19.1 Å². The molecule has 0 spiro atoms. The lowest BCUT2D eigenvalue weighted by molar-refractivity contribution is 0.0125. The van der Waals surface area contributed by atoms with Gasteiger partial charge in [-0.2, -0.15) is 8.78 Å². The van der Waals surface area contributed by atoms with Gasteiger partial charge >= 0.3 is 0 Å². The zero-order chi connectivity index (χ0) is 26.1. The van der Waals surface area contributed by atoms with Crippen molar-refractivity contribution in [3.05, 3.63) is 78.3 Å². The molecule has 194 valence electrons. The number of hydrogen-bond donors (Lipinski definition) is 3. The minimum absolute atomic E-state index is 0. The lowest BCUT2D eigenvalue weighted by atomic mass is 9.98. The maximum Gasteiger partial charge on any atom is 0.288 e. The number of aliphatic hydroxyl groups is 1. The van der Waals surface area contributed by atoms with Crippen LogP contribution < -0.4 is 10.6 Å². The third kappa shape index (κ3) is 7.66. The Labute approximate surface area is 213 Å². The van der Waals surface area contributed by atoms with Gasteiger partial charge in [0.05, 0.1) is 29.5 Å². The fraction of sp³-hybridized carbons (Fsp3) is 0.370. The fourth-order valence-corrected chi connectivity index (χ4v) is 3.30. The van der Waals surface area contributed by atoms with E-state index in [2.05, 4.69) is 49.8 Å². The minimum atomic E-state index is -3.06.